The molecule has 0 amide bonds. The van der Waals surface area contributed by atoms with E-state index < -0.39 is 5.97 Å². The molecule has 1 aliphatic rings. The summed E-state index contributed by atoms with van der Waals surface area (Å²) in [5, 5.41) is 9.15. The highest BCUT2D eigenvalue weighted by Gasteiger charge is 2.30. The summed E-state index contributed by atoms with van der Waals surface area (Å²) in [6.07, 6.45) is 1.08. The number of likely N-dealkylation sites (tertiary alicyclic amines) is 1. The highest BCUT2D eigenvalue weighted by Crippen LogP contribution is 2.33. The lowest BCUT2D eigenvalue weighted by molar-refractivity contribution is -0.143. The molecule has 1 N–H and O–H groups in total. The van der Waals surface area contributed by atoms with E-state index in [-0.39, 0.29) is 23.6 Å². The van der Waals surface area contributed by atoms with Gasteiger partial charge in [-0.2, -0.15) is 0 Å². The second kappa shape index (κ2) is 7.09. The van der Waals surface area contributed by atoms with Crippen LogP contribution in [0.2, 0.25) is 0 Å². The van der Waals surface area contributed by atoms with Crippen molar-refractivity contribution in [2.24, 2.45) is 5.92 Å². The predicted molar refractivity (Wildman–Crippen MR) is 86.6 cm³/mol. The van der Waals surface area contributed by atoms with Crippen LogP contribution in [-0.2, 0) is 4.79 Å². The molecular weight excluding hydrogens is 312 g/mol. The van der Waals surface area contributed by atoms with Gasteiger partial charge in [-0.3, -0.25) is 9.69 Å². The summed E-state index contributed by atoms with van der Waals surface area (Å²) < 4.78 is 27.4. The van der Waals surface area contributed by atoms with Crippen molar-refractivity contribution in [1.29, 1.82) is 0 Å². The van der Waals surface area contributed by atoms with Gasteiger partial charge < -0.3 is 5.11 Å². The molecule has 1 fully saturated rings. The van der Waals surface area contributed by atoms with E-state index in [0.717, 1.165) is 11.1 Å². The first-order valence-electron chi connectivity index (χ1n) is 8.02. The number of carboxylic acids is 1. The van der Waals surface area contributed by atoms with Crippen LogP contribution in [0.5, 0.6) is 0 Å². The molecule has 0 aliphatic carbocycles. The van der Waals surface area contributed by atoms with Crippen LogP contribution >= 0.6 is 0 Å². The van der Waals surface area contributed by atoms with Gasteiger partial charge in [-0.1, -0.05) is 24.3 Å². The third-order valence-corrected chi connectivity index (χ3v) is 4.57. The minimum Gasteiger partial charge on any atom is -0.481 e. The largest absolute Gasteiger partial charge is 0.481 e. The number of hydrogen-bond donors (Lipinski definition) is 1. The number of hydrogen-bond acceptors (Lipinski definition) is 2. The van der Waals surface area contributed by atoms with Crippen LogP contribution in [0.15, 0.2) is 48.5 Å². The van der Waals surface area contributed by atoms with Gasteiger partial charge >= 0.3 is 5.97 Å². The van der Waals surface area contributed by atoms with Crippen LogP contribution in [0.25, 0.3) is 0 Å². The Labute approximate surface area is 139 Å². The van der Waals surface area contributed by atoms with Crippen molar-refractivity contribution in [3.8, 4) is 0 Å². The molecule has 3 nitrogen and oxygen atoms in total. The van der Waals surface area contributed by atoms with Crippen molar-refractivity contribution in [2.75, 3.05) is 13.1 Å². The summed E-state index contributed by atoms with van der Waals surface area (Å²) in [4.78, 5) is 13.2. The monoisotopic (exact) mass is 331 g/mol. The normalized spacial score (nSPS) is 16.5. The SMILES string of the molecule is O=C(O)C1CCN(C(c2cccc(F)c2)c2cccc(F)c2)CC1. The third kappa shape index (κ3) is 3.62. The molecule has 1 aliphatic heterocycles. The van der Waals surface area contributed by atoms with Gasteiger partial charge in [0.15, 0.2) is 0 Å². The molecule has 0 aromatic heterocycles. The maximum Gasteiger partial charge on any atom is 0.306 e. The Kier molecular flexibility index (Phi) is 4.90. The van der Waals surface area contributed by atoms with E-state index >= 15 is 0 Å². The Morgan fingerprint density at radius 3 is 1.92 bits per heavy atom. The lowest BCUT2D eigenvalue weighted by atomic mass is 9.91. The number of piperidine rings is 1. The Hall–Kier alpha value is -2.27. The number of carboxylic acid groups (broad SMARTS) is 1. The minimum atomic E-state index is -0.775. The van der Waals surface area contributed by atoms with E-state index in [1.54, 1.807) is 12.1 Å². The van der Waals surface area contributed by atoms with Crippen LogP contribution in [-0.4, -0.2) is 29.1 Å². The van der Waals surface area contributed by atoms with Crippen molar-refractivity contribution in [1.82, 2.24) is 4.90 Å². The van der Waals surface area contributed by atoms with Gasteiger partial charge in [-0.15, -0.1) is 0 Å². The number of carbonyl (C=O) groups is 1. The number of nitrogens with zero attached hydrogens (tertiary/aromatic N) is 1. The van der Waals surface area contributed by atoms with E-state index in [9.17, 15) is 13.6 Å². The van der Waals surface area contributed by atoms with E-state index in [2.05, 4.69) is 4.90 Å². The molecule has 3 rings (SSSR count). The lowest BCUT2D eigenvalue weighted by Crippen LogP contribution is -2.39. The molecule has 2 aromatic rings. The molecule has 0 unspecified atom stereocenters. The van der Waals surface area contributed by atoms with Crippen LogP contribution < -0.4 is 0 Å². The van der Waals surface area contributed by atoms with Crippen molar-refractivity contribution in [3.63, 3.8) is 0 Å². The fraction of sp³-hybridized carbons (Fsp3) is 0.316. The smallest absolute Gasteiger partial charge is 0.306 e. The van der Waals surface area contributed by atoms with Crippen LogP contribution in [0, 0.1) is 17.6 Å². The summed E-state index contributed by atoms with van der Waals surface area (Å²) in [6, 6.07) is 12.3. The molecule has 0 saturated carbocycles. The number of halogens is 2. The molecule has 0 spiro atoms. The maximum atomic E-state index is 13.7. The zero-order chi connectivity index (χ0) is 17.1. The maximum absolute atomic E-state index is 13.7. The third-order valence-electron chi connectivity index (χ3n) is 4.57. The highest BCUT2D eigenvalue weighted by molar-refractivity contribution is 5.70. The molecular formula is C19H19F2NO2. The quantitative estimate of drug-likeness (QED) is 0.925. The first-order chi connectivity index (χ1) is 11.5. The summed E-state index contributed by atoms with van der Waals surface area (Å²) >= 11 is 0. The van der Waals surface area contributed by atoms with E-state index in [1.165, 1.54) is 24.3 Å². The molecule has 0 radical (unpaired) electrons. The lowest BCUT2D eigenvalue weighted by Gasteiger charge is -2.37. The standard InChI is InChI=1S/C19H19F2NO2/c20-16-5-1-3-14(11-16)18(15-4-2-6-17(21)12-15)22-9-7-13(8-10-22)19(23)24/h1-6,11-13,18H,7-10H2,(H,23,24). The molecule has 2 aromatic carbocycles. The number of aliphatic carboxylic acids is 1. The summed E-state index contributed by atoms with van der Waals surface area (Å²) in [5.41, 5.74) is 1.49. The Morgan fingerprint density at radius 1 is 1.00 bits per heavy atom. The average Bonchev–Trinajstić information content (AvgIpc) is 2.56. The molecule has 0 bridgehead atoms. The van der Waals surface area contributed by atoms with E-state index in [4.69, 9.17) is 5.11 Å². The number of rotatable bonds is 4. The molecule has 5 heteroatoms. The van der Waals surface area contributed by atoms with Crippen LogP contribution in [0.4, 0.5) is 8.78 Å². The molecule has 24 heavy (non-hydrogen) atoms. The molecule has 0 atom stereocenters. The minimum absolute atomic E-state index is 0.286. The highest BCUT2D eigenvalue weighted by atomic mass is 19.1. The Morgan fingerprint density at radius 2 is 1.50 bits per heavy atom. The van der Waals surface area contributed by atoms with Crippen LogP contribution in [0.3, 0.4) is 0 Å². The Bertz CT molecular complexity index is 681. The summed E-state index contributed by atoms with van der Waals surface area (Å²) in [6.45, 7) is 1.16. The molecule has 1 heterocycles. The van der Waals surface area contributed by atoms with Gasteiger partial charge in [-0.05, 0) is 61.3 Å². The topological polar surface area (TPSA) is 40.5 Å². The van der Waals surface area contributed by atoms with E-state index in [1.807, 2.05) is 12.1 Å². The molecule has 1 saturated heterocycles. The average molecular weight is 331 g/mol. The first-order valence-corrected chi connectivity index (χ1v) is 8.02. The van der Waals surface area contributed by atoms with Gasteiger partial charge in [0.05, 0.1) is 12.0 Å². The first kappa shape index (κ1) is 16.6. The van der Waals surface area contributed by atoms with Crippen molar-refractivity contribution >= 4 is 5.97 Å². The van der Waals surface area contributed by atoms with E-state index in [0.29, 0.717) is 25.9 Å². The fourth-order valence-corrected chi connectivity index (χ4v) is 3.37. The zero-order valence-electron chi connectivity index (χ0n) is 13.2. The van der Waals surface area contributed by atoms with Crippen molar-refractivity contribution in [2.45, 2.75) is 18.9 Å². The predicted octanol–water partition coefficient (Wildman–Crippen LogP) is 3.85. The van der Waals surface area contributed by atoms with Gasteiger partial charge in [0.1, 0.15) is 11.6 Å². The summed E-state index contributed by atoms with van der Waals surface area (Å²) in [5.74, 6) is -1.80. The molecule has 126 valence electrons. The van der Waals surface area contributed by atoms with Crippen molar-refractivity contribution in [3.05, 3.63) is 71.3 Å². The fourth-order valence-electron chi connectivity index (χ4n) is 3.37. The zero-order valence-corrected chi connectivity index (χ0v) is 13.2. The second-order valence-corrected chi connectivity index (χ2v) is 6.16. The van der Waals surface area contributed by atoms with Gasteiger partial charge in [0, 0.05) is 0 Å². The second-order valence-electron chi connectivity index (χ2n) is 6.16. The van der Waals surface area contributed by atoms with Crippen LogP contribution in [0.1, 0.15) is 30.0 Å². The summed E-state index contributed by atoms with van der Waals surface area (Å²) in [7, 11) is 0. The van der Waals surface area contributed by atoms with Gasteiger partial charge in [0.25, 0.3) is 0 Å². The van der Waals surface area contributed by atoms with Gasteiger partial charge in [0.2, 0.25) is 0 Å². The number of benzene rings is 2. The van der Waals surface area contributed by atoms with Crippen molar-refractivity contribution < 1.29 is 18.7 Å². The van der Waals surface area contributed by atoms with Gasteiger partial charge in [-0.25, -0.2) is 8.78 Å². The Balaban J connectivity index is 1.93.